The standard InChI is InChI=1S/C20H19F2N3O/c1-2-10-25-19(12-18(24-25)15-4-3-5-17(22)11-15)20(26)23-13-14-6-8-16(21)9-7-14/h3-9,11-12H,2,10,13H2,1H3,(H,23,26). The van der Waals surface area contributed by atoms with Crippen LogP contribution in [-0.4, -0.2) is 15.7 Å². The molecule has 26 heavy (non-hydrogen) atoms. The first-order chi connectivity index (χ1) is 12.6. The van der Waals surface area contributed by atoms with Gasteiger partial charge in [0.1, 0.15) is 17.3 Å². The first-order valence-electron chi connectivity index (χ1n) is 8.43. The van der Waals surface area contributed by atoms with Crippen LogP contribution in [0.15, 0.2) is 54.6 Å². The summed E-state index contributed by atoms with van der Waals surface area (Å²) in [6.45, 7) is 2.85. The van der Waals surface area contributed by atoms with Gasteiger partial charge < -0.3 is 5.32 Å². The quantitative estimate of drug-likeness (QED) is 0.721. The van der Waals surface area contributed by atoms with Crippen molar-refractivity contribution in [1.82, 2.24) is 15.1 Å². The van der Waals surface area contributed by atoms with E-state index in [2.05, 4.69) is 10.4 Å². The van der Waals surface area contributed by atoms with Gasteiger partial charge in [0, 0.05) is 18.7 Å². The van der Waals surface area contributed by atoms with E-state index in [1.807, 2.05) is 6.92 Å². The molecule has 6 heteroatoms. The van der Waals surface area contributed by atoms with Crippen molar-refractivity contribution < 1.29 is 13.6 Å². The molecule has 0 fully saturated rings. The van der Waals surface area contributed by atoms with Gasteiger partial charge in [-0.05, 0) is 42.3 Å². The number of aromatic nitrogens is 2. The second kappa shape index (κ2) is 7.91. The van der Waals surface area contributed by atoms with Crippen molar-refractivity contribution in [3.8, 4) is 11.3 Å². The predicted molar refractivity (Wildman–Crippen MR) is 95.5 cm³/mol. The third kappa shape index (κ3) is 4.14. The molecule has 134 valence electrons. The summed E-state index contributed by atoms with van der Waals surface area (Å²) in [6, 6.07) is 13.7. The van der Waals surface area contributed by atoms with E-state index in [9.17, 15) is 13.6 Å². The van der Waals surface area contributed by atoms with Crippen LogP contribution in [0.3, 0.4) is 0 Å². The third-order valence-electron chi connectivity index (χ3n) is 3.93. The fourth-order valence-corrected chi connectivity index (χ4v) is 2.65. The Hall–Kier alpha value is -3.02. The van der Waals surface area contributed by atoms with Crippen molar-refractivity contribution in [3.63, 3.8) is 0 Å². The van der Waals surface area contributed by atoms with Gasteiger partial charge in [-0.3, -0.25) is 9.48 Å². The maximum absolute atomic E-state index is 13.5. The molecule has 0 aliphatic rings. The van der Waals surface area contributed by atoms with Gasteiger partial charge in [0.25, 0.3) is 5.91 Å². The summed E-state index contributed by atoms with van der Waals surface area (Å²) in [5.74, 6) is -0.950. The van der Waals surface area contributed by atoms with Gasteiger partial charge in [0.15, 0.2) is 0 Å². The number of nitrogens with one attached hydrogen (secondary N) is 1. The lowest BCUT2D eigenvalue weighted by atomic mass is 10.1. The molecule has 0 bridgehead atoms. The average molecular weight is 355 g/mol. The molecule has 0 atom stereocenters. The Morgan fingerprint density at radius 2 is 1.85 bits per heavy atom. The number of aryl methyl sites for hydroxylation is 1. The summed E-state index contributed by atoms with van der Waals surface area (Å²) < 4.78 is 28.0. The van der Waals surface area contributed by atoms with E-state index in [0.29, 0.717) is 23.5 Å². The van der Waals surface area contributed by atoms with E-state index in [0.717, 1.165) is 12.0 Å². The van der Waals surface area contributed by atoms with Crippen LogP contribution in [0.25, 0.3) is 11.3 Å². The maximum atomic E-state index is 13.5. The Morgan fingerprint density at radius 3 is 2.54 bits per heavy atom. The number of halogens is 2. The zero-order chi connectivity index (χ0) is 18.5. The van der Waals surface area contributed by atoms with Crippen LogP contribution in [0.1, 0.15) is 29.4 Å². The second-order valence-corrected chi connectivity index (χ2v) is 5.96. The summed E-state index contributed by atoms with van der Waals surface area (Å²) in [6.07, 6.45) is 0.808. The van der Waals surface area contributed by atoms with Crippen molar-refractivity contribution in [3.05, 3.63) is 77.5 Å². The molecule has 2 aromatic carbocycles. The molecule has 1 heterocycles. The van der Waals surface area contributed by atoms with Crippen molar-refractivity contribution in [2.24, 2.45) is 0 Å². The monoisotopic (exact) mass is 355 g/mol. The lowest BCUT2D eigenvalue weighted by Crippen LogP contribution is -2.25. The largest absolute Gasteiger partial charge is 0.347 e. The molecule has 0 saturated carbocycles. The van der Waals surface area contributed by atoms with Crippen LogP contribution in [-0.2, 0) is 13.1 Å². The molecule has 0 spiro atoms. The zero-order valence-electron chi connectivity index (χ0n) is 14.4. The number of rotatable bonds is 6. The average Bonchev–Trinajstić information content (AvgIpc) is 3.05. The fraction of sp³-hybridized carbons (Fsp3) is 0.200. The summed E-state index contributed by atoms with van der Waals surface area (Å²) in [5, 5.41) is 7.25. The predicted octanol–water partition coefficient (Wildman–Crippen LogP) is 4.17. The molecular weight excluding hydrogens is 336 g/mol. The maximum Gasteiger partial charge on any atom is 0.269 e. The minimum atomic E-state index is -0.352. The highest BCUT2D eigenvalue weighted by atomic mass is 19.1. The van der Waals surface area contributed by atoms with Gasteiger partial charge in [-0.15, -0.1) is 0 Å². The first-order valence-corrected chi connectivity index (χ1v) is 8.43. The number of hydrogen-bond donors (Lipinski definition) is 1. The Kier molecular flexibility index (Phi) is 5.41. The first kappa shape index (κ1) is 17.8. The molecule has 1 aromatic heterocycles. The number of hydrogen-bond acceptors (Lipinski definition) is 2. The van der Waals surface area contributed by atoms with Gasteiger partial charge in [0.2, 0.25) is 0 Å². The van der Waals surface area contributed by atoms with Crippen LogP contribution in [0.4, 0.5) is 8.78 Å². The molecular formula is C20H19F2N3O. The van der Waals surface area contributed by atoms with E-state index in [1.165, 1.54) is 24.3 Å². The van der Waals surface area contributed by atoms with Crippen LogP contribution < -0.4 is 5.32 Å². The Bertz CT molecular complexity index is 904. The smallest absolute Gasteiger partial charge is 0.269 e. The normalized spacial score (nSPS) is 10.7. The van der Waals surface area contributed by atoms with Crippen molar-refractivity contribution in [2.75, 3.05) is 0 Å². The van der Waals surface area contributed by atoms with Crippen molar-refractivity contribution in [1.29, 1.82) is 0 Å². The highest BCUT2D eigenvalue weighted by Gasteiger charge is 2.16. The van der Waals surface area contributed by atoms with Crippen LogP contribution in [0.5, 0.6) is 0 Å². The third-order valence-corrected chi connectivity index (χ3v) is 3.93. The topological polar surface area (TPSA) is 46.9 Å². The lowest BCUT2D eigenvalue weighted by molar-refractivity contribution is 0.0940. The minimum Gasteiger partial charge on any atom is -0.347 e. The van der Waals surface area contributed by atoms with Gasteiger partial charge in [-0.25, -0.2) is 8.78 Å². The van der Waals surface area contributed by atoms with Gasteiger partial charge in [-0.2, -0.15) is 5.10 Å². The molecule has 3 rings (SSSR count). The van der Waals surface area contributed by atoms with Crippen LogP contribution in [0, 0.1) is 11.6 Å². The number of amides is 1. The Morgan fingerprint density at radius 1 is 1.08 bits per heavy atom. The number of benzene rings is 2. The molecule has 0 unspecified atom stereocenters. The molecule has 0 saturated heterocycles. The Balaban J connectivity index is 1.80. The SMILES string of the molecule is CCCn1nc(-c2cccc(F)c2)cc1C(=O)NCc1ccc(F)cc1. The summed E-state index contributed by atoms with van der Waals surface area (Å²) in [5.41, 5.74) is 2.37. The van der Waals surface area contributed by atoms with Gasteiger partial charge in [0.05, 0.1) is 5.69 Å². The zero-order valence-corrected chi connectivity index (χ0v) is 14.4. The molecule has 1 amide bonds. The number of carbonyl (C=O) groups is 1. The van der Waals surface area contributed by atoms with Crippen molar-refractivity contribution >= 4 is 5.91 Å². The number of nitrogens with zero attached hydrogens (tertiary/aromatic N) is 2. The van der Waals surface area contributed by atoms with Crippen molar-refractivity contribution in [2.45, 2.75) is 26.4 Å². The summed E-state index contributed by atoms with van der Waals surface area (Å²) in [4.78, 5) is 12.6. The Labute approximate surface area is 150 Å². The van der Waals surface area contributed by atoms with E-state index in [-0.39, 0.29) is 24.1 Å². The molecule has 0 radical (unpaired) electrons. The minimum absolute atomic E-state index is 0.280. The van der Waals surface area contributed by atoms with E-state index in [1.54, 1.807) is 35.0 Å². The summed E-state index contributed by atoms with van der Waals surface area (Å²) in [7, 11) is 0. The van der Waals surface area contributed by atoms with E-state index < -0.39 is 0 Å². The van der Waals surface area contributed by atoms with Crippen LogP contribution >= 0.6 is 0 Å². The van der Waals surface area contributed by atoms with Gasteiger partial charge >= 0.3 is 0 Å². The number of carbonyl (C=O) groups excluding carboxylic acids is 1. The highest BCUT2D eigenvalue weighted by molar-refractivity contribution is 5.93. The molecule has 1 N–H and O–H groups in total. The van der Waals surface area contributed by atoms with E-state index >= 15 is 0 Å². The molecule has 0 aliphatic heterocycles. The summed E-state index contributed by atoms with van der Waals surface area (Å²) >= 11 is 0. The lowest BCUT2D eigenvalue weighted by Gasteiger charge is -2.07. The second-order valence-electron chi connectivity index (χ2n) is 5.96. The van der Waals surface area contributed by atoms with Crippen LogP contribution in [0.2, 0.25) is 0 Å². The van der Waals surface area contributed by atoms with E-state index in [4.69, 9.17) is 0 Å². The molecule has 4 nitrogen and oxygen atoms in total. The van der Waals surface area contributed by atoms with Gasteiger partial charge in [-0.1, -0.05) is 31.2 Å². The fourth-order valence-electron chi connectivity index (χ4n) is 2.65. The molecule has 3 aromatic rings. The molecule has 0 aliphatic carbocycles. The highest BCUT2D eigenvalue weighted by Crippen LogP contribution is 2.20.